The Labute approximate surface area is 120 Å². The molecule has 0 unspecified atom stereocenters. The summed E-state index contributed by atoms with van der Waals surface area (Å²) >= 11 is 1.45. The quantitative estimate of drug-likeness (QED) is 0.770. The van der Waals surface area contributed by atoms with E-state index in [2.05, 4.69) is 15.5 Å². The number of carbonyl (C=O) groups is 1. The Balaban J connectivity index is 1.83. The zero-order valence-corrected chi connectivity index (χ0v) is 11.7. The highest BCUT2D eigenvalue weighted by Crippen LogP contribution is 2.22. The van der Waals surface area contributed by atoms with Crippen LogP contribution in [-0.4, -0.2) is 16.1 Å². The maximum absolute atomic E-state index is 12.2. The Bertz CT molecular complexity index is 731. The number of benzene rings is 1. The minimum Gasteiger partial charge on any atom is -0.321 e. The Morgan fingerprint density at radius 3 is 2.90 bits per heavy atom. The van der Waals surface area contributed by atoms with Gasteiger partial charge in [0, 0.05) is 17.4 Å². The second-order valence-corrected chi connectivity index (χ2v) is 5.35. The molecule has 20 heavy (non-hydrogen) atoms. The minimum atomic E-state index is -0.0701. The second kappa shape index (κ2) is 5.30. The van der Waals surface area contributed by atoms with Crippen molar-refractivity contribution in [2.75, 3.05) is 5.32 Å². The van der Waals surface area contributed by atoms with E-state index in [0.717, 1.165) is 27.4 Å². The molecule has 2 aromatic heterocycles. The van der Waals surface area contributed by atoms with Crippen LogP contribution in [0.1, 0.15) is 15.2 Å². The summed E-state index contributed by atoms with van der Waals surface area (Å²) in [4.78, 5) is 12.9. The number of hydrogen-bond acceptors (Lipinski definition) is 3. The number of carbonyl (C=O) groups excluding carboxylic acids is 1. The number of amides is 1. The van der Waals surface area contributed by atoms with Crippen molar-refractivity contribution in [1.29, 1.82) is 0 Å². The summed E-state index contributed by atoms with van der Waals surface area (Å²) in [5.41, 5.74) is 3.68. The highest BCUT2D eigenvalue weighted by atomic mass is 32.1. The average Bonchev–Trinajstić information content (AvgIpc) is 3.09. The highest BCUT2D eigenvalue weighted by molar-refractivity contribution is 7.12. The highest BCUT2D eigenvalue weighted by Gasteiger charge is 2.11. The predicted molar refractivity (Wildman–Crippen MR) is 81.0 cm³/mol. The molecule has 0 saturated carbocycles. The fraction of sp³-hybridized carbons (Fsp3) is 0.0667. The van der Waals surface area contributed by atoms with Crippen LogP contribution in [0, 0.1) is 6.92 Å². The molecular formula is C15H13N3OS. The van der Waals surface area contributed by atoms with Crippen molar-refractivity contribution >= 4 is 22.9 Å². The van der Waals surface area contributed by atoms with Crippen LogP contribution in [0.2, 0.25) is 0 Å². The number of aromatic nitrogens is 2. The lowest BCUT2D eigenvalue weighted by molar-refractivity contribution is 0.103. The lowest BCUT2D eigenvalue weighted by Crippen LogP contribution is -2.11. The smallest absolute Gasteiger partial charge is 0.265 e. The molecule has 0 aliphatic heterocycles. The van der Waals surface area contributed by atoms with Crippen molar-refractivity contribution in [3.63, 3.8) is 0 Å². The molecule has 0 radical (unpaired) electrons. The molecule has 1 amide bonds. The normalized spacial score (nSPS) is 10.4. The molecular weight excluding hydrogens is 270 g/mol. The van der Waals surface area contributed by atoms with E-state index >= 15 is 0 Å². The third kappa shape index (κ3) is 2.48. The first kappa shape index (κ1) is 12.6. The standard InChI is InChI=1S/C15H13N3OS/c1-10-6-8-20-14(10)15(19)17-12-4-2-3-11(9-12)13-5-7-16-18-13/h2-9H,1H3,(H,16,18)(H,17,19). The molecule has 0 bridgehead atoms. The lowest BCUT2D eigenvalue weighted by Gasteiger charge is -2.06. The molecule has 0 atom stereocenters. The van der Waals surface area contributed by atoms with Gasteiger partial charge in [0.15, 0.2) is 0 Å². The third-order valence-electron chi connectivity index (χ3n) is 3.00. The number of hydrogen-bond donors (Lipinski definition) is 2. The molecule has 100 valence electrons. The van der Waals surface area contributed by atoms with Crippen molar-refractivity contribution in [1.82, 2.24) is 10.2 Å². The number of anilines is 1. The number of H-pyrrole nitrogens is 1. The van der Waals surface area contributed by atoms with Crippen LogP contribution in [0.3, 0.4) is 0 Å². The Kier molecular flexibility index (Phi) is 3.35. The molecule has 0 aliphatic carbocycles. The van der Waals surface area contributed by atoms with E-state index in [-0.39, 0.29) is 5.91 Å². The number of rotatable bonds is 3. The maximum atomic E-state index is 12.2. The van der Waals surface area contributed by atoms with E-state index in [1.54, 1.807) is 6.20 Å². The van der Waals surface area contributed by atoms with Crippen LogP contribution in [0.15, 0.2) is 48.0 Å². The maximum Gasteiger partial charge on any atom is 0.265 e. The van der Waals surface area contributed by atoms with Crippen LogP contribution < -0.4 is 5.32 Å². The number of nitrogens with one attached hydrogen (secondary N) is 2. The fourth-order valence-corrected chi connectivity index (χ4v) is 2.79. The van der Waals surface area contributed by atoms with Crippen molar-refractivity contribution < 1.29 is 4.79 Å². The summed E-state index contributed by atoms with van der Waals surface area (Å²) in [6.07, 6.45) is 1.70. The van der Waals surface area contributed by atoms with Gasteiger partial charge in [0.1, 0.15) is 0 Å². The van der Waals surface area contributed by atoms with Crippen LogP contribution in [-0.2, 0) is 0 Å². The zero-order chi connectivity index (χ0) is 13.9. The summed E-state index contributed by atoms with van der Waals surface area (Å²) in [5.74, 6) is -0.0701. The molecule has 2 N–H and O–H groups in total. The molecule has 0 saturated heterocycles. The molecule has 5 heteroatoms. The Morgan fingerprint density at radius 2 is 2.20 bits per heavy atom. The second-order valence-electron chi connectivity index (χ2n) is 4.44. The van der Waals surface area contributed by atoms with E-state index in [1.807, 2.05) is 48.7 Å². The summed E-state index contributed by atoms with van der Waals surface area (Å²) in [6.45, 7) is 1.94. The number of aromatic amines is 1. The summed E-state index contributed by atoms with van der Waals surface area (Å²) in [5, 5.41) is 11.7. The Hall–Kier alpha value is -2.40. The fourth-order valence-electron chi connectivity index (χ4n) is 1.97. The van der Waals surface area contributed by atoms with Crippen LogP contribution >= 0.6 is 11.3 Å². The first-order valence-electron chi connectivity index (χ1n) is 6.19. The molecule has 3 aromatic rings. The average molecular weight is 283 g/mol. The summed E-state index contributed by atoms with van der Waals surface area (Å²) in [6, 6.07) is 11.5. The van der Waals surface area contributed by atoms with E-state index in [1.165, 1.54) is 11.3 Å². The van der Waals surface area contributed by atoms with Crippen LogP contribution in [0.5, 0.6) is 0 Å². The van der Waals surface area contributed by atoms with Gasteiger partial charge in [-0.3, -0.25) is 9.89 Å². The number of thiophene rings is 1. The summed E-state index contributed by atoms with van der Waals surface area (Å²) < 4.78 is 0. The van der Waals surface area contributed by atoms with Gasteiger partial charge in [0.2, 0.25) is 0 Å². The molecule has 1 aromatic carbocycles. The van der Waals surface area contributed by atoms with Crippen LogP contribution in [0.4, 0.5) is 5.69 Å². The molecule has 4 nitrogen and oxygen atoms in total. The van der Waals surface area contributed by atoms with E-state index in [4.69, 9.17) is 0 Å². The van der Waals surface area contributed by atoms with Gasteiger partial charge < -0.3 is 5.32 Å². The molecule has 0 aliphatic rings. The van der Waals surface area contributed by atoms with Gasteiger partial charge in [0.25, 0.3) is 5.91 Å². The summed E-state index contributed by atoms with van der Waals surface area (Å²) in [7, 11) is 0. The predicted octanol–water partition coefficient (Wildman–Crippen LogP) is 3.70. The van der Waals surface area contributed by atoms with Crippen molar-refractivity contribution in [2.45, 2.75) is 6.92 Å². The topological polar surface area (TPSA) is 57.8 Å². The first-order valence-corrected chi connectivity index (χ1v) is 7.07. The van der Waals surface area contributed by atoms with Gasteiger partial charge >= 0.3 is 0 Å². The largest absolute Gasteiger partial charge is 0.321 e. The van der Waals surface area contributed by atoms with Crippen LogP contribution in [0.25, 0.3) is 11.3 Å². The minimum absolute atomic E-state index is 0.0701. The van der Waals surface area contributed by atoms with E-state index in [0.29, 0.717) is 0 Å². The van der Waals surface area contributed by atoms with Gasteiger partial charge in [0.05, 0.1) is 10.6 Å². The lowest BCUT2D eigenvalue weighted by atomic mass is 10.1. The van der Waals surface area contributed by atoms with Gasteiger partial charge in [-0.15, -0.1) is 11.3 Å². The van der Waals surface area contributed by atoms with Gasteiger partial charge in [-0.25, -0.2) is 0 Å². The number of nitrogens with zero attached hydrogens (tertiary/aromatic N) is 1. The van der Waals surface area contributed by atoms with Gasteiger partial charge in [-0.2, -0.15) is 5.10 Å². The molecule has 0 fully saturated rings. The van der Waals surface area contributed by atoms with Crippen molar-refractivity contribution in [3.05, 3.63) is 58.4 Å². The van der Waals surface area contributed by atoms with E-state index in [9.17, 15) is 4.79 Å². The number of aryl methyl sites for hydroxylation is 1. The molecule has 3 rings (SSSR count). The van der Waals surface area contributed by atoms with E-state index < -0.39 is 0 Å². The third-order valence-corrected chi connectivity index (χ3v) is 4.02. The Morgan fingerprint density at radius 1 is 1.30 bits per heavy atom. The van der Waals surface area contributed by atoms with Crippen molar-refractivity contribution in [3.8, 4) is 11.3 Å². The first-order chi connectivity index (χ1) is 9.74. The molecule has 0 spiro atoms. The van der Waals surface area contributed by atoms with Gasteiger partial charge in [-0.05, 0) is 42.1 Å². The zero-order valence-electron chi connectivity index (χ0n) is 10.9. The SMILES string of the molecule is Cc1ccsc1C(=O)Nc1cccc(-c2ccn[nH]2)c1. The molecule has 2 heterocycles. The van der Waals surface area contributed by atoms with Crippen molar-refractivity contribution in [2.24, 2.45) is 0 Å². The monoisotopic (exact) mass is 283 g/mol. The van der Waals surface area contributed by atoms with Gasteiger partial charge in [-0.1, -0.05) is 12.1 Å².